The second kappa shape index (κ2) is 6.57. The van der Waals surface area contributed by atoms with Gasteiger partial charge in [0.05, 0.1) is 11.3 Å². The fourth-order valence-electron chi connectivity index (χ4n) is 2.92. The first-order chi connectivity index (χ1) is 12.3. The number of ketones is 1. The molecule has 0 unspecified atom stereocenters. The zero-order valence-electron chi connectivity index (χ0n) is 13.5. The average molecular weight is 324 g/mol. The fraction of sp³-hybridized carbons (Fsp3) is 0. The summed E-state index contributed by atoms with van der Waals surface area (Å²) < 4.78 is 0. The molecule has 4 aromatic rings. The van der Waals surface area contributed by atoms with E-state index in [4.69, 9.17) is 0 Å². The van der Waals surface area contributed by atoms with Crippen LogP contribution in [0.15, 0.2) is 91.0 Å². The molecule has 0 fully saturated rings. The number of rotatable bonds is 4. The Morgan fingerprint density at radius 2 is 1.20 bits per heavy atom. The first-order valence-corrected chi connectivity index (χ1v) is 8.13. The van der Waals surface area contributed by atoms with Crippen molar-refractivity contribution in [3.05, 3.63) is 102 Å². The molecule has 0 saturated carbocycles. The monoisotopic (exact) mass is 324 g/mol. The third-order valence-electron chi connectivity index (χ3n) is 4.14. The number of benzene rings is 3. The third-order valence-corrected chi connectivity index (χ3v) is 4.14. The molecule has 1 heterocycles. The Morgan fingerprint density at radius 3 is 1.80 bits per heavy atom. The summed E-state index contributed by atoms with van der Waals surface area (Å²) in [5, 5.41) is 7.53. The maximum absolute atomic E-state index is 13.2. The van der Waals surface area contributed by atoms with Gasteiger partial charge in [0.2, 0.25) is 0 Å². The van der Waals surface area contributed by atoms with Crippen LogP contribution < -0.4 is 0 Å². The van der Waals surface area contributed by atoms with Crippen LogP contribution in [0, 0.1) is 0 Å². The van der Waals surface area contributed by atoms with E-state index < -0.39 is 0 Å². The van der Waals surface area contributed by atoms with Gasteiger partial charge >= 0.3 is 0 Å². The summed E-state index contributed by atoms with van der Waals surface area (Å²) in [7, 11) is 0. The van der Waals surface area contributed by atoms with Crippen molar-refractivity contribution in [2.75, 3.05) is 0 Å². The van der Waals surface area contributed by atoms with E-state index in [2.05, 4.69) is 10.2 Å². The SMILES string of the molecule is O=C(c1ccccc1)c1c(-c2ccccc2)n[nH]c1-c1ccccc1. The first kappa shape index (κ1) is 15.1. The normalized spacial score (nSPS) is 10.6. The van der Waals surface area contributed by atoms with Crippen LogP contribution in [0.2, 0.25) is 0 Å². The number of hydrogen-bond acceptors (Lipinski definition) is 2. The third kappa shape index (κ3) is 2.88. The summed E-state index contributed by atoms with van der Waals surface area (Å²) in [5.74, 6) is -0.0351. The molecule has 0 bridgehead atoms. The fourth-order valence-corrected chi connectivity index (χ4v) is 2.92. The topological polar surface area (TPSA) is 45.8 Å². The number of carbonyl (C=O) groups is 1. The number of nitrogens with zero attached hydrogens (tertiary/aromatic N) is 1. The first-order valence-electron chi connectivity index (χ1n) is 8.13. The van der Waals surface area contributed by atoms with Gasteiger partial charge in [-0.15, -0.1) is 0 Å². The minimum atomic E-state index is -0.0351. The van der Waals surface area contributed by atoms with Gasteiger partial charge in [0.1, 0.15) is 5.69 Å². The number of H-pyrrole nitrogens is 1. The van der Waals surface area contributed by atoms with Crippen LogP contribution in [0.3, 0.4) is 0 Å². The van der Waals surface area contributed by atoms with Gasteiger partial charge in [0.15, 0.2) is 5.78 Å². The average Bonchev–Trinajstić information content (AvgIpc) is 3.14. The summed E-state index contributed by atoms with van der Waals surface area (Å²) in [6, 6.07) is 28.9. The quantitative estimate of drug-likeness (QED) is 0.538. The molecule has 3 heteroatoms. The predicted molar refractivity (Wildman–Crippen MR) is 99.3 cm³/mol. The number of aromatic amines is 1. The van der Waals surface area contributed by atoms with Gasteiger partial charge in [-0.1, -0.05) is 91.0 Å². The largest absolute Gasteiger partial charge is 0.288 e. The molecule has 0 saturated heterocycles. The van der Waals surface area contributed by atoms with Crippen LogP contribution >= 0.6 is 0 Å². The number of aromatic nitrogens is 2. The molecular weight excluding hydrogens is 308 g/mol. The van der Waals surface area contributed by atoms with Crippen molar-refractivity contribution in [2.45, 2.75) is 0 Å². The smallest absolute Gasteiger partial charge is 0.197 e. The van der Waals surface area contributed by atoms with Crippen LogP contribution in [-0.2, 0) is 0 Å². The highest BCUT2D eigenvalue weighted by Crippen LogP contribution is 2.31. The van der Waals surface area contributed by atoms with Gasteiger partial charge in [0, 0.05) is 16.7 Å². The molecule has 0 radical (unpaired) electrons. The van der Waals surface area contributed by atoms with Crippen molar-refractivity contribution in [1.82, 2.24) is 10.2 Å². The second-order valence-electron chi connectivity index (χ2n) is 5.75. The predicted octanol–water partition coefficient (Wildman–Crippen LogP) is 4.97. The van der Waals surface area contributed by atoms with E-state index in [1.807, 2.05) is 91.0 Å². The molecule has 3 aromatic carbocycles. The minimum absolute atomic E-state index is 0.0351. The van der Waals surface area contributed by atoms with Gasteiger partial charge in [-0.3, -0.25) is 9.89 Å². The van der Waals surface area contributed by atoms with E-state index in [0.29, 0.717) is 16.8 Å². The zero-order valence-corrected chi connectivity index (χ0v) is 13.5. The lowest BCUT2D eigenvalue weighted by Crippen LogP contribution is -2.03. The molecule has 1 N–H and O–H groups in total. The van der Waals surface area contributed by atoms with Crippen molar-refractivity contribution >= 4 is 5.78 Å². The summed E-state index contributed by atoms with van der Waals surface area (Å²) >= 11 is 0. The van der Waals surface area contributed by atoms with E-state index in [9.17, 15) is 4.79 Å². The summed E-state index contributed by atoms with van der Waals surface area (Å²) in [6.07, 6.45) is 0. The van der Waals surface area contributed by atoms with Crippen molar-refractivity contribution in [1.29, 1.82) is 0 Å². The lowest BCUT2D eigenvalue weighted by Gasteiger charge is -2.06. The number of hydrogen-bond donors (Lipinski definition) is 1. The van der Waals surface area contributed by atoms with E-state index in [1.54, 1.807) is 0 Å². The van der Waals surface area contributed by atoms with E-state index in [1.165, 1.54) is 0 Å². The number of nitrogens with one attached hydrogen (secondary N) is 1. The van der Waals surface area contributed by atoms with Crippen molar-refractivity contribution in [3.8, 4) is 22.5 Å². The summed E-state index contributed by atoms with van der Waals surface area (Å²) in [4.78, 5) is 13.2. The molecule has 0 amide bonds. The van der Waals surface area contributed by atoms with Crippen LogP contribution in [0.5, 0.6) is 0 Å². The Balaban J connectivity index is 1.93. The van der Waals surface area contributed by atoms with Crippen molar-refractivity contribution in [2.24, 2.45) is 0 Å². The molecule has 0 aliphatic rings. The lowest BCUT2D eigenvalue weighted by atomic mass is 9.95. The summed E-state index contributed by atoms with van der Waals surface area (Å²) in [6.45, 7) is 0. The molecular formula is C22H16N2O. The molecule has 4 rings (SSSR count). The Kier molecular flexibility index (Phi) is 3.97. The standard InChI is InChI=1S/C22H16N2O/c25-22(18-14-8-3-9-15-18)19-20(16-10-4-1-5-11-16)23-24-21(19)17-12-6-2-7-13-17/h1-15H,(H,23,24). The van der Waals surface area contributed by atoms with Crippen molar-refractivity contribution in [3.63, 3.8) is 0 Å². The molecule has 25 heavy (non-hydrogen) atoms. The number of carbonyl (C=O) groups excluding carboxylic acids is 1. The van der Waals surface area contributed by atoms with E-state index in [-0.39, 0.29) is 5.78 Å². The molecule has 3 nitrogen and oxygen atoms in total. The highest BCUT2D eigenvalue weighted by molar-refractivity contribution is 6.15. The lowest BCUT2D eigenvalue weighted by molar-refractivity contribution is 0.104. The molecule has 1 aromatic heterocycles. The van der Waals surface area contributed by atoms with Crippen molar-refractivity contribution < 1.29 is 4.79 Å². The molecule has 0 spiro atoms. The Labute approximate surface area is 146 Å². The second-order valence-corrected chi connectivity index (χ2v) is 5.75. The maximum atomic E-state index is 13.2. The van der Waals surface area contributed by atoms with Crippen LogP contribution in [0.1, 0.15) is 15.9 Å². The van der Waals surface area contributed by atoms with E-state index in [0.717, 1.165) is 16.8 Å². The highest BCUT2D eigenvalue weighted by atomic mass is 16.1. The van der Waals surface area contributed by atoms with Crippen LogP contribution in [-0.4, -0.2) is 16.0 Å². The molecule has 120 valence electrons. The van der Waals surface area contributed by atoms with Crippen LogP contribution in [0.4, 0.5) is 0 Å². The Hall–Kier alpha value is -3.46. The zero-order chi connectivity index (χ0) is 17.1. The van der Waals surface area contributed by atoms with Gasteiger partial charge in [-0.25, -0.2) is 0 Å². The Morgan fingerprint density at radius 1 is 0.680 bits per heavy atom. The minimum Gasteiger partial charge on any atom is -0.288 e. The maximum Gasteiger partial charge on any atom is 0.197 e. The van der Waals surface area contributed by atoms with Gasteiger partial charge in [-0.05, 0) is 0 Å². The highest BCUT2D eigenvalue weighted by Gasteiger charge is 2.23. The molecule has 0 aliphatic carbocycles. The van der Waals surface area contributed by atoms with Gasteiger partial charge in [-0.2, -0.15) is 5.10 Å². The molecule has 0 aliphatic heterocycles. The van der Waals surface area contributed by atoms with Crippen LogP contribution in [0.25, 0.3) is 22.5 Å². The van der Waals surface area contributed by atoms with E-state index >= 15 is 0 Å². The van der Waals surface area contributed by atoms with Gasteiger partial charge < -0.3 is 0 Å². The van der Waals surface area contributed by atoms with Gasteiger partial charge in [0.25, 0.3) is 0 Å². The Bertz CT molecular complexity index is 933. The molecule has 0 atom stereocenters. The summed E-state index contributed by atoms with van der Waals surface area (Å²) in [5.41, 5.74) is 4.53.